The first-order chi connectivity index (χ1) is 9.67. The summed E-state index contributed by atoms with van der Waals surface area (Å²) in [4.78, 5) is 14.1. The summed E-state index contributed by atoms with van der Waals surface area (Å²) in [6.45, 7) is 5.27. The fourth-order valence-corrected chi connectivity index (χ4v) is 2.36. The minimum Gasteiger partial charge on any atom is -0.325 e. The third-order valence-electron chi connectivity index (χ3n) is 3.34. The quantitative estimate of drug-likeness (QED) is 0.857. The van der Waals surface area contributed by atoms with Gasteiger partial charge in [-0.25, -0.2) is 0 Å². The monoisotopic (exact) mass is 272 g/mol. The molecule has 2 N–H and O–H groups in total. The van der Waals surface area contributed by atoms with Crippen LogP contribution in [0.2, 0.25) is 0 Å². The molecule has 0 saturated carbocycles. The number of carbonyl (C=O) groups excluding carboxylic acids is 1. The number of amides is 1. The molecule has 5 nitrogen and oxygen atoms in total. The van der Waals surface area contributed by atoms with Crippen molar-refractivity contribution in [2.45, 2.75) is 19.4 Å². The summed E-state index contributed by atoms with van der Waals surface area (Å²) >= 11 is 0. The zero-order valence-electron chi connectivity index (χ0n) is 11.7. The number of nitrogens with one attached hydrogen (secondary N) is 2. The number of hydrogen-bond acceptors (Lipinski definition) is 4. The van der Waals surface area contributed by atoms with Crippen molar-refractivity contribution in [2.75, 3.05) is 31.5 Å². The van der Waals surface area contributed by atoms with Gasteiger partial charge in [0.2, 0.25) is 5.91 Å². The van der Waals surface area contributed by atoms with E-state index in [-0.39, 0.29) is 5.91 Å². The van der Waals surface area contributed by atoms with Crippen molar-refractivity contribution in [1.29, 1.82) is 5.26 Å². The topological polar surface area (TPSA) is 68.2 Å². The molecular weight excluding hydrogens is 252 g/mol. The van der Waals surface area contributed by atoms with Gasteiger partial charge < -0.3 is 10.6 Å². The van der Waals surface area contributed by atoms with Crippen LogP contribution in [0.15, 0.2) is 24.3 Å². The molecule has 106 valence electrons. The van der Waals surface area contributed by atoms with Crippen molar-refractivity contribution in [3.63, 3.8) is 0 Å². The summed E-state index contributed by atoms with van der Waals surface area (Å²) in [5, 5.41) is 14.9. The molecule has 20 heavy (non-hydrogen) atoms. The van der Waals surface area contributed by atoms with Gasteiger partial charge in [0.1, 0.15) is 0 Å². The predicted octanol–water partition coefficient (Wildman–Crippen LogP) is 0.985. The summed E-state index contributed by atoms with van der Waals surface area (Å²) in [6, 6.07) is 9.94. The molecule has 0 radical (unpaired) electrons. The van der Waals surface area contributed by atoms with Gasteiger partial charge in [-0.1, -0.05) is 12.1 Å². The van der Waals surface area contributed by atoms with E-state index in [1.54, 1.807) is 0 Å². The largest absolute Gasteiger partial charge is 0.325 e. The molecule has 0 bridgehead atoms. The lowest BCUT2D eigenvalue weighted by molar-refractivity contribution is -0.117. The van der Waals surface area contributed by atoms with Crippen LogP contribution in [-0.4, -0.2) is 43.0 Å². The van der Waals surface area contributed by atoms with Crippen LogP contribution in [0, 0.1) is 11.3 Å². The molecule has 5 heteroatoms. The minimum atomic E-state index is 0.00660. The van der Waals surface area contributed by atoms with Crippen LogP contribution in [-0.2, 0) is 11.2 Å². The predicted molar refractivity (Wildman–Crippen MR) is 78.3 cm³/mol. The Bertz CT molecular complexity index is 492. The number of nitrogens with zero attached hydrogens (tertiary/aromatic N) is 2. The van der Waals surface area contributed by atoms with Crippen LogP contribution < -0.4 is 10.6 Å². The number of rotatable bonds is 4. The Balaban J connectivity index is 1.83. The first kappa shape index (κ1) is 14.5. The van der Waals surface area contributed by atoms with Crippen molar-refractivity contribution in [3.8, 4) is 6.07 Å². The maximum atomic E-state index is 12.0. The van der Waals surface area contributed by atoms with Gasteiger partial charge in [0.05, 0.1) is 19.0 Å². The molecule has 2 rings (SSSR count). The smallest absolute Gasteiger partial charge is 0.238 e. The summed E-state index contributed by atoms with van der Waals surface area (Å²) in [5.74, 6) is 0.00660. The zero-order valence-corrected chi connectivity index (χ0v) is 11.7. The number of hydrogen-bond donors (Lipinski definition) is 2. The lowest BCUT2D eigenvalue weighted by Crippen LogP contribution is -2.51. The highest BCUT2D eigenvalue weighted by Crippen LogP contribution is 2.10. The summed E-state index contributed by atoms with van der Waals surface area (Å²) in [6.07, 6.45) is 0.396. The third kappa shape index (κ3) is 4.34. The highest BCUT2D eigenvalue weighted by atomic mass is 16.2. The average molecular weight is 272 g/mol. The van der Waals surface area contributed by atoms with Gasteiger partial charge in [-0.05, 0) is 24.6 Å². The molecule has 0 aromatic heterocycles. The second-order valence-corrected chi connectivity index (χ2v) is 5.17. The van der Waals surface area contributed by atoms with Crippen LogP contribution >= 0.6 is 0 Å². The van der Waals surface area contributed by atoms with E-state index in [1.165, 1.54) is 0 Å². The molecule has 1 atom stereocenters. The maximum absolute atomic E-state index is 12.0. The van der Waals surface area contributed by atoms with Gasteiger partial charge in [-0.15, -0.1) is 0 Å². The van der Waals surface area contributed by atoms with Gasteiger partial charge >= 0.3 is 0 Å². The van der Waals surface area contributed by atoms with Crippen molar-refractivity contribution in [1.82, 2.24) is 10.2 Å². The van der Waals surface area contributed by atoms with Crippen molar-refractivity contribution in [3.05, 3.63) is 29.8 Å². The second kappa shape index (κ2) is 7.04. The van der Waals surface area contributed by atoms with E-state index in [0.29, 0.717) is 19.0 Å². The molecule has 0 aliphatic carbocycles. The molecular formula is C15H20N4O. The second-order valence-electron chi connectivity index (χ2n) is 5.17. The van der Waals surface area contributed by atoms with E-state index in [0.717, 1.165) is 30.9 Å². The number of piperazine rings is 1. The van der Waals surface area contributed by atoms with Crippen LogP contribution in [0.4, 0.5) is 5.69 Å². The molecule has 1 aromatic carbocycles. The summed E-state index contributed by atoms with van der Waals surface area (Å²) in [5.41, 5.74) is 1.74. The Morgan fingerprint density at radius 3 is 2.90 bits per heavy atom. The van der Waals surface area contributed by atoms with E-state index in [1.807, 2.05) is 24.3 Å². The maximum Gasteiger partial charge on any atom is 0.238 e. The molecule has 1 aliphatic heterocycles. The first-order valence-electron chi connectivity index (χ1n) is 6.89. The molecule has 1 fully saturated rings. The Labute approximate surface area is 119 Å². The van der Waals surface area contributed by atoms with E-state index in [2.05, 4.69) is 28.5 Å². The highest BCUT2D eigenvalue weighted by molar-refractivity contribution is 5.92. The standard InChI is InChI=1S/C15H20N4O/c1-12-10-19(9-8-17-12)11-15(20)18-14-4-2-13(3-5-14)6-7-16/h2-5,12,17H,6,8-11H2,1H3,(H,18,20). The number of benzene rings is 1. The summed E-state index contributed by atoms with van der Waals surface area (Å²) in [7, 11) is 0. The Kier molecular flexibility index (Phi) is 5.10. The molecule has 1 aromatic rings. The normalized spacial score (nSPS) is 19.3. The molecule has 1 unspecified atom stereocenters. The fraction of sp³-hybridized carbons (Fsp3) is 0.467. The number of nitriles is 1. The fourth-order valence-electron chi connectivity index (χ4n) is 2.36. The van der Waals surface area contributed by atoms with E-state index < -0.39 is 0 Å². The zero-order chi connectivity index (χ0) is 14.4. The minimum absolute atomic E-state index is 0.00660. The molecule has 0 spiro atoms. The lowest BCUT2D eigenvalue weighted by atomic mass is 10.1. The van der Waals surface area contributed by atoms with Crippen LogP contribution in [0.1, 0.15) is 12.5 Å². The Morgan fingerprint density at radius 1 is 1.50 bits per heavy atom. The van der Waals surface area contributed by atoms with Crippen molar-refractivity contribution < 1.29 is 4.79 Å². The Hall–Kier alpha value is -1.90. The first-order valence-corrected chi connectivity index (χ1v) is 6.89. The summed E-state index contributed by atoms with van der Waals surface area (Å²) < 4.78 is 0. The Morgan fingerprint density at radius 2 is 2.25 bits per heavy atom. The van der Waals surface area contributed by atoms with Gasteiger partial charge in [0, 0.05) is 31.4 Å². The number of anilines is 1. The third-order valence-corrected chi connectivity index (χ3v) is 3.34. The van der Waals surface area contributed by atoms with Gasteiger partial charge in [-0.2, -0.15) is 5.26 Å². The average Bonchev–Trinajstić information content (AvgIpc) is 2.41. The van der Waals surface area contributed by atoms with E-state index in [9.17, 15) is 4.79 Å². The van der Waals surface area contributed by atoms with Crippen molar-refractivity contribution >= 4 is 11.6 Å². The molecule has 1 amide bonds. The van der Waals surface area contributed by atoms with Gasteiger partial charge in [0.15, 0.2) is 0 Å². The number of carbonyl (C=O) groups is 1. The van der Waals surface area contributed by atoms with Gasteiger partial charge in [0.25, 0.3) is 0 Å². The van der Waals surface area contributed by atoms with Crippen LogP contribution in [0.3, 0.4) is 0 Å². The van der Waals surface area contributed by atoms with Gasteiger partial charge in [-0.3, -0.25) is 9.69 Å². The lowest BCUT2D eigenvalue weighted by Gasteiger charge is -2.31. The van der Waals surface area contributed by atoms with Crippen molar-refractivity contribution in [2.24, 2.45) is 0 Å². The molecule has 1 saturated heterocycles. The van der Waals surface area contributed by atoms with E-state index >= 15 is 0 Å². The molecule has 1 heterocycles. The molecule has 1 aliphatic rings. The SMILES string of the molecule is CC1CN(CC(=O)Nc2ccc(CC#N)cc2)CCN1. The van der Waals surface area contributed by atoms with Crippen LogP contribution in [0.5, 0.6) is 0 Å². The van der Waals surface area contributed by atoms with E-state index in [4.69, 9.17) is 5.26 Å². The van der Waals surface area contributed by atoms with Crippen LogP contribution in [0.25, 0.3) is 0 Å². The highest BCUT2D eigenvalue weighted by Gasteiger charge is 2.17.